The second kappa shape index (κ2) is 2.91. The van der Waals surface area contributed by atoms with Gasteiger partial charge in [0, 0.05) is 0 Å². The van der Waals surface area contributed by atoms with Crippen LogP contribution in [0.5, 0.6) is 0 Å². The van der Waals surface area contributed by atoms with Crippen molar-refractivity contribution in [2.24, 2.45) is 0 Å². The lowest BCUT2D eigenvalue weighted by atomic mass is 10.2. The molecule has 0 N–H and O–H groups in total. The molecule has 0 unspecified atom stereocenters. The lowest BCUT2D eigenvalue weighted by Gasteiger charge is -1.83. The second-order valence-electron chi connectivity index (χ2n) is 1.73. The summed E-state index contributed by atoms with van der Waals surface area (Å²) in [6, 6.07) is 0. The number of rotatable bonds is 1. The number of hydrogen-bond donors (Lipinski definition) is 0. The molecule has 1 aliphatic carbocycles. The fraction of sp³-hybridized carbons (Fsp3) is 0. The van der Waals surface area contributed by atoms with Crippen molar-refractivity contribution in [2.75, 3.05) is 0 Å². The molecule has 0 aromatic heterocycles. The van der Waals surface area contributed by atoms with Crippen LogP contribution < -0.4 is 0 Å². The smallest absolute Gasteiger partial charge is 0.0194 e. The van der Waals surface area contributed by atoms with Crippen molar-refractivity contribution in [3.8, 4) is 0 Å². The van der Waals surface area contributed by atoms with Gasteiger partial charge in [0.1, 0.15) is 0 Å². The zero-order chi connectivity index (χ0) is 6.53. The summed E-state index contributed by atoms with van der Waals surface area (Å²) in [6.45, 7) is 3.64. The first-order chi connectivity index (χ1) is 4.43. The highest BCUT2D eigenvalue weighted by atomic mass is 13.9. The third-order valence-electron chi connectivity index (χ3n) is 1.09. The van der Waals surface area contributed by atoms with E-state index in [9.17, 15) is 0 Å². The summed E-state index contributed by atoms with van der Waals surface area (Å²) in [5.74, 6) is 0. The maximum Gasteiger partial charge on any atom is -0.0194 e. The molecule has 9 heavy (non-hydrogen) atoms. The molecule has 0 fully saturated rings. The van der Waals surface area contributed by atoms with Gasteiger partial charge in [0.25, 0.3) is 0 Å². The first-order valence-corrected chi connectivity index (χ1v) is 2.85. The van der Waals surface area contributed by atoms with E-state index in [2.05, 4.69) is 12.3 Å². The summed E-state index contributed by atoms with van der Waals surface area (Å²) < 4.78 is 0. The molecule has 0 spiro atoms. The predicted octanol–water partition coefficient (Wildman–Crippen LogP) is 2.38. The van der Waals surface area contributed by atoms with E-state index in [4.69, 9.17) is 0 Å². The van der Waals surface area contributed by atoms with Crippen molar-refractivity contribution in [1.29, 1.82) is 0 Å². The molecule has 44 valence electrons. The highest BCUT2D eigenvalue weighted by Crippen LogP contribution is 2.00. The average Bonchev–Trinajstić information content (AvgIpc) is 2.13. The van der Waals surface area contributed by atoms with Gasteiger partial charge in [-0.3, -0.25) is 0 Å². The maximum atomic E-state index is 3.64. The van der Waals surface area contributed by atoms with Crippen LogP contribution in [0.3, 0.4) is 0 Å². The molecule has 1 aliphatic rings. The fourth-order valence-electron chi connectivity index (χ4n) is 0.606. The van der Waals surface area contributed by atoms with Gasteiger partial charge in [-0.15, -0.1) is 5.73 Å². The molecule has 0 heterocycles. The van der Waals surface area contributed by atoms with Crippen molar-refractivity contribution < 1.29 is 0 Å². The standard InChI is InChI=1S/C9H8/c1-2-9-7-5-3-4-6-8-9/h2-3,5-8H,1H2. The normalized spacial score (nSPS) is 14.9. The maximum absolute atomic E-state index is 3.64. The van der Waals surface area contributed by atoms with Crippen LogP contribution in [0.15, 0.2) is 54.3 Å². The Morgan fingerprint density at radius 2 is 2.33 bits per heavy atom. The average molecular weight is 116 g/mol. The Balaban J connectivity index is 2.91. The Bertz CT molecular complexity index is 220. The van der Waals surface area contributed by atoms with Crippen molar-refractivity contribution in [3.63, 3.8) is 0 Å². The first-order valence-electron chi connectivity index (χ1n) is 2.85. The van der Waals surface area contributed by atoms with Crippen LogP contribution in [0, 0.1) is 0 Å². The summed E-state index contributed by atoms with van der Waals surface area (Å²) in [5, 5.41) is 0. The molecule has 0 aromatic carbocycles. The number of hydrogen-bond acceptors (Lipinski definition) is 0. The Kier molecular flexibility index (Phi) is 1.90. The summed E-state index contributed by atoms with van der Waals surface area (Å²) in [7, 11) is 0. The van der Waals surface area contributed by atoms with Crippen molar-refractivity contribution in [3.05, 3.63) is 54.3 Å². The minimum absolute atomic E-state index is 1.12. The third kappa shape index (κ3) is 1.60. The molecule has 0 aliphatic heterocycles. The Morgan fingerprint density at radius 1 is 1.44 bits per heavy atom. The predicted molar refractivity (Wildman–Crippen MR) is 40.1 cm³/mol. The monoisotopic (exact) mass is 116 g/mol. The lowest BCUT2D eigenvalue weighted by molar-refractivity contribution is 1.72. The Morgan fingerprint density at radius 3 is 3.11 bits per heavy atom. The molecule has 1 rings (SSSR count). The molecule has 0 heteroatoms. The first kappa shape index (κ1) is 5.87. The Hall–Kier alpha value is -1.26. The summed E-state index contributed by atoms with van der Waals surface area (Å²) in [6.07, 6.45) is 11.4. The van der Waals surface area contributed by atoms with Crippen LogP contribution in [-0.4, -0.2) is 0 Å². The molecular formula is C9H8. The number of allylic oxidation sites excluding steroid dienone is 6. The summed E-state index contributed by atoms with van der Waals surface area (Å²) in [4.78, 5) is 0. The Labute approximate surface area is 55.2 Å². The molecule has 0 aromatic rings. The topological polar surface area (TPSA) is 0 Å². The summed E-state index contributed by atoms with van der Waals surface area (Å²) in [5.41, 5.74) is 4.07. The van der Waals surface area contributed by atoms with Crippen LogP contribution in [-0.2, 0) is 0 Å². The molecule has 0 saturated carbocycles. The van der Waals surface area contributed by atoms with Gasteiger partial charge in [0.05, 0.1) is 0 Å². The van der Waals surface area contributed by atoms with Crippen molar-refractivity contribution in [2.45, 2.75) is 0 Å². The minimum atomic E-state index is 1.12. The molecule has 0 saturated heterocycles. The van der Waals surface area contributed by atoms with E-state index in [1.807, 2.05) is 36.5 Å². The van der Waals surface area contributed by atoms with E-state index in [1.165, 1.54) is 0 Å². The van der Waals surface area contributed by atoms with Crippen LogP contribution in [0.4, 0.5) is 0 Å². The molecule has 0 amide bonds. The van der Waals surface area contributed by atoms with Gasteiger partial charge < -0.3 is 0 Å². The van der Waals surface area contributed by atoms with E-state index in [1.54, 1.807) is 0 Å². The van der Waals surface area contributed by atoms with Gasteiger partial charge in [-0.25, -0.2) is 0 Å². The lowest BCUT2D eigenvalue weighted by Crippen LogP contribution is -1.64. The van der Waals surface area contributed by atoms with E-state index >= 15 is 0 Å². The van der Waals surface area contributed by atoms with Crippen molar-refractivity contribution in [1.82, 2.24) is 0 Å². The van der Waals surface area contributed by atoms with Crippen LogP contribution >= 0.6 is 0 Å². The zero-order valence-electron chi connectivity index (χ0n) is 5.17. The zero-order valence-corrected chi connectivity index (χ0v) is 5.17. The van der Waals surface area contributed by atoms with E-state index < -0.39 is 0 Å². The third-order valence-corrected chi connectivity index (χ3v) is 1.09. The van der Waals surface area contributed by atoms with Crippen LogP contribution in [0.2, 0.25) is 0 Å². The van der Waals surface area contributed by atoms with Gasteiger partial charge in [0.2, 0.25) is 0 Å². The van der Waals surface area contributed by atoms with Gasteiger partial charge in [-0.2, -0.15) is 0 Å². The van der Waals surface area contributed by atoms with Crippen LogP contribution in [0.25, 0.3) is 0 Å². The quantitative estimate of drug-likeness (QED) is 0.461. The van der Waals surface area contributed by atoms with Crippen LogP contribution in [0.1, 0.15) is 0 Å². The largest absolute Gasteiger partial charge is 0.121 e. The molecule has 0 nitrogen and oxygen atoms in total. The van der Waals surface area contributed by atoms with Gasteiger partial charge in [-0.05, 0) is 23.8 Å². The van der Waals surface area contributed by atoms with E-state index in [-0.39, 0.29) is 0 Å². The second-order valence-corrected chi connectivity index (χ2v) is 1.73. The minimum Gasteiger partial charge on any atom is -0.121 e. The molecule has 0 radical (unpaired) electrons. The SMILES string of the molecule is C=CC1=CC=C=CC=C1. The molecule has 0 bridgehead atoms. The summed E-state index contributed by atoms with van der Waals surface area (Å²) >= 11 is 0. The highest BCUT2D eigenvalue weighted by molar-refractivity contribution is 5.36. The fourth-order valence-corrected chi connectivity index (χ4v) is 0.606. The van der Waals surface area contributed by atoms with Gasteiger partial charge in [-0.1, -0.05) is 24.8 Å². The van der Waals surface area contributed by atoms with Gasteiger partial charge in [0.15, 0.2) is 0 Å². The van der Waals surface area contributed by atoms with E-state index in [0.29, 0.717) is 0 Å². The molecular weight excluding hydrogens is 108 g/mol. The van der Waals surface area contributed by atoms with Crippen molar-refractivity contribution >= 4 is 0 Å². The van der Waals surface area contributed by atoms with Gasteiger partial charge >= 0.3 is 0 Å². The van der Waals surface area contributed by atoms with E-state index in [0.717, 1.165) is 5.57 Å². The highest BCUT2D eigenvalue weighted by Gasteiger charge is 1.80. The molecule has 0 atom stereocenters.